The van der Waals surface area contributed by atoms with Crippen molar-refractivity contribution in [3.05, 3.63) is 77.9 Å². The zero-order valence-electron chi connectivity index (χ0n) is 18.3. The number of hydrogen-bond acceptors (Lipinski definition) is 3. The van der Waals surface area contributed by atoms with Gasteiger partial charge in [0.05, 0.1) is 18.6 Å². The number of nitrogens with zero attached hydrogens (tertiary/aromatic N) is 2. The van der Waals surface area contributed by atoms with Crippen LogP contribution in [0.1, 0.15) is 36.8 Å². The van der Waals surface area contributed by atoms with E-state index in [9.17, 15) is 9.18 Å². The van der Waals surface area contributed by atoms with E-state index in [1.807, 2.05) is 23.4 Å². The van der Waals surface area contributed by atoms with E-state index >= 15 is 0 Å². The second-order valence-corrected chi connectivity index (χ2v) is 9.18. The van der Waals surface area contributed by atoms with Crippen LogP contribution in [0.25, 0.3) is 10.8 Å². The molecule has 4 nitrogen and oxygen atoms in total. The minimum atomic E-state index is -0.745. The molecule has 0 spiro atoms. The molecule has 1 aliphatic heterocycles. The van der Waals surface area contributed by atoms with Crippen molar-refractivity contribution in [2.45, 2.75) is 37.5 Å². The summed E-state index contributed by atoms with van der Waals surface area (Å²) >= 11 is 0. The molecule has 2 heterocycles. The molecule has 5 heteroatoms. The van der Waals surface area contributed by atoms with E-state index < -0.39 is 5.41 Å². The summed E-state index contributed by atoms with van der Waals surface area (Å²) in [4.78, 5) is 20.1. The molecular formula is C27H29FN2O2. The molecule has 1 aromatic heterocycles. The minimum absolute atomic E-state index is 0.0673. The van der Waals surface area contributed by atoms with Crippen molar-refractivity contribution in [1.29, 1.82) is 0 Å². The van der Waals surface area contributed by atoms with Gasteiger partial charge in [-0.2, -0.15) is 0 Å². The Labute approximate surface area is 188 Å². The Balaban J connectivity index is 1.41. The van der Waals surface area contributed by atoms with Gasteiger partial charge in [0.15, 0.2) is 0 Å². The van der Waals surface area contributed by atoms with Gasteiger partial charge >= 0.3 is 0 Å². The molecule has 2 aliphatic rings. The molecule has 1 atom stereocenters. The molecule has 5 rings (SSSR count). The van der Waals surface area contributed by atoms with Crippen LogP contribution >= 0.6 is 0 Å². The van der Waals surface area contributed by atoms with Crippen LogP contribution in [-0.2, 0) is 21.4 Å². The van der Waals surface area contributed by atoms with Gasteiger partial charge < -0.3 is 9.64 Å². The first-order valence-corrected chi connectivity index (χ1v) is 11.6. The summed E-state index contributed by atoms with van der Waals surface area (Å²) in [5.41, 5.74) is 1.06. The van der Waals surface area contributed by atoms with Gasteiger partial charge in [0.2, 0.25) is 5.91 Å². The van der Waals surface area contributed by atoms with Gasteiger partial charge in [-0.15, -0.1) is 0 Å². The number of ether oxygens (including phenoxy) is 1. The lowest BCUT2D eigenvalue weighted by molar-refractivity contribution is -0.138. The number of pyridine rings is 1. The Morgan fingerprint density at radius 3 is 2.81 bits per heavy atom. The van der Waals surface area contributed by atoms with Gasteiger partial charge in [0, 0.05) is 42.4 Å². The molecule has 0 radical (unpaired) electrons. The van der Waals surface area contributed by atoms with Crippen LogP contribution < -0.4 is 0 Å². The topological polar surface area (TPSA) is 42.4 Å². The van der Waals surface area contributed by atoms with Gasteiger partial charge in [-0.05, 0) is 42.3 Å². The number of hydrogen-bond donors (Lipinski definition) is 0. The van der Waals surface area contributed by atoms with Gasteiger partial charge in [-0.1, -0.05) is 49.2 Å². The van der Waals surface area contributed by atoms with Crippen LogP contribution in [0.15, 0.2) is 60.9 Å². The van der Waals surface area contributed by atoms with E-state index in [1.165, 1.54) is 17.0 Å². The molecule has 1 unspecified atom stereocenters. The zero-order valence-corrected chi connectivity index (χ0v) is 18.3. The van der Waals surface area contributed by atoms with Crippen LogP contribution in [0.2, 0.25) is 0 Å². The maximum atomic E-state index is 14.8. The lowest BCUT2D eigenvalue weighted by Gasteiger charge is -2.35. The average molecular weight is 433 g/mol. The van der Waals surface area contributed by atoms with Gasteiger partial charge in [0.25, 0.3) is 0 Å². The summed E-state index contributed by atoms with van der Waals surface area (Å²) in [6, 6.07) is 15.2. The van der Waals surface area contributed by atoms with Crippen molar-refractivity contribution >= 4 is 16.7 Å². The second kappa shape index (κ2) is 8.99. The Hall–Kier alpha value is -2.79. The molecule has 0 N–H and O–H groups in total. The first-order chi connectivity index (χ1) is 15.7. The summed E-state index contributed by atoms with van der Waals surface area (Å²) in [6.45, 7) is 2.34. The number of halogens is 1. The molecule has 3 aromatic rings. The van der Waals surface area contributed by atoms with Crippen molar-refractivity contribution in [2.75, 3.05) is 26.3 Å². The lowest BCUT2D eigenvalue weighted by atomic mass is 9.77. The fraction of sp³-hybridized carbons (Fsp3) is 0.407. The van der Waals surface area contributed by atoms with E-state index in [1.54, 1.807) is 12.1 Å². The summed E-state index contributed by atoms with van der Waals surface area (Å²) in [6.07, 6.45) is 7.88. The number of carbonyl (C=O) groups is 1. The molecule has 1 aliphatic carbocycles. The van der Waals surface area contributed by atoms with Crippen molar-refractivity contribution in [2.24, 2.45) is 5.92 Å². The second-order valence-electron chi connectivity index (χ2n) is 9.18. The minimum Gasteiger partial charge on any atom is -0.379 e. The first kappa shape index (κ1) is 21.1. The quantitative estimate of drug-likeness (QED) is 0.589. The maximum Gasteiger partial charge on any atom is 0.233 e. The highest BCUT2D eigenvalue weighted by Crippen LogP contribution is 2.44. The monoisotopic (exact) mass is 432 g/mol. The molecular weight excluding hydrogens is 403 g/mol. The maximum absolute atomic E-state index is 14.8. The summed E-state index contributed by atoms with van der Waals surface area (Å²) < 4.78 is 20.7. The van der Waals surface area contributed by atoms with E-state index in [0.717, 1.165) is 24.6 Å². The average Bonchev–Trinajstić information content (AvgIpc) is 3.20. The van der Waals surface area contributed by atoms with Crippen LogP contribution in [0.3, 0.4) is 0 Å². The first-order valence-electron chi connectivity index (χ1n) is 11.6. The SMILES string of the molecule is O=C(N1CCOCC(Cc2cccc3cnccc23)C1)C1(c2ccccc2F)CCCC1. The molecule has 0 bridgehead atoms. The molecule has 32 heavy (non-hydrogen) atoms. The van der Waals surface area contributed by atoms with Crippen molar-refractivity contribution in [1.82, 2.24) is 9.88 Å². The van der Waals surface area contributed by atoms with Gasteiger partial charge in [0.1, 0.15) is 5.82 Å². The number of rotatable bonds is 4. The van der Waals surface area contributed by atoms with Gasteiger partial charge in [-0.25, -0.2) is 4.39 Å². The molecule has 1 saturated carbocycles. The number of amides is 1. The smallest absolute Gasteiger partial charge is 0.233 e. The van der Waals surface area contributed by atoms with E-state index in [2.05, 4.69) is 29.2 Å². The van der Waals surface area contributed by atoms with Crippen molar-refractivity contribution < 1.29 is 13.9 Å². The highest BCUT2D eigenvalue weighted by molar-refractivity contribution is 5.89. The summed E-state index contributed by atoms with van der Waals surface area (Å²) in [5.74, 6) is -0.00764. The summed E-state index contributed by atoms with van der Waals surface area (Å²) in [5, 5.41) is 2.32. The molecule has 2 fully saturated rings. The number of aromatic nitrogens is 1. The van der Waals surface area contributed by atoms with Crippen molar-refractivity contribution in [3.8, 4) is 0 Å². The number of fused-ring (bicyclic) bond motifs is 1. The van der Waals surface area contributed by atoms with Crippen molar-refractivity contribution in [3.63, 3.8) is 0 Å². The predicted molar refractivity (Wildman–Crippen MR) is 123 cm³/mol. The Kier molecular flexibility index (Phi) is 5.92. The Bertz CT molecular complexity index is 1100. The predicted octanol–water partition coefficient (Wildman–Crippen LogP) is 4.90. The van der Waals surface area contributed by atoms with Crippen LogP contribution in [-0.4, -0.2) is 42.1 Å². The normalized spacial score (nSPS) is 20.9. The molecule has 1 saturated heterocycles. The van der Waals surface area contributed by atoms with E-state index in [-0.39, 0.29) is 17.6 Å². The summed E-state index contributed by atoms with van der Waals surface area (Å²) in [7, 11) is 0. The highest BCUT2D eigenvalue weighted by Gasteiger charge is 2.46. The number of benzene rings is 2. The zero-order chi connectivity index (χ0) is 22.0. The van der Waals surface area contributed by atoms with Gasteiger partial charge in [-0.3, -0.25) is 9.78 Å². The third kappa shape index (κ3) is 3.90. The largest absolute Gasteiger partial charge is 0.379 e. The van der Waals surface area contributed by atoms with E-state index in [4.69, 9.17) is 4.74 Å². The van der Waals surface area contributed by atoms with Crippen LogP contribution in [0.4, 0.5) is 4.39 Å². The Morgan fingerprint density at radius 1 is 1.12 bits per heavy atom. The molecule has 1 amide bonds. The molecule has 166 valence electrons. The fourth-order valence-electron chi connectivity index (χ4n) is 5.60. The third-order valence-corrected chi connectivity index (χ3v) is 7.16. The standard InChI is InChI=1S/C27H29FN2O2/c28-25-9-2-1-8-24(25)27(11-3-4-12-27)26(31)30-14-15-32-19-20(18-30)16-21-6-5-7-22-17-29-13-10-23(21)22/h1-2,5-10,13,17,20H,3-4,11-12,14-16,18-19H2. The van der Waals surface area contributed by atoms with Crippen LogP contribution in [0, 0.1) is 11.7 Å². The van der Waals surface area contributed by atoms with E-state index in [0.29, 0.717) is 44.7 Å². The fourth-order valence-corrected chi connectivity index (χ4v) is 5.60. The van der Waals surface area contributed by atoms with Crippen LogP contribution in [0.5, 0.6) is 0 Å². The Morgan fingerprint density at radius 2 is 1.97 bits per heavy atom. The number of carbonyl (C=O) groups excluding carboxylic acids is 1. The molecule has 2 aromatic carbocycles. The third-order valence-electron chi connectivity index (χ3n) is 7.16. The highest BCUT2D eigenvalue weighted by atomic mass is 19.1. The lowest BCUT2D eigenvalue weighted by Crippen LogP contribution is -2.48.